The van der Waals surface area contributed by atoms with Crippen LogP contribution in [0.4, 0.5) is 0 Å². The van der Waals surface area contributed by atoms with E-state index < -0.39 is 0 Å². The molecule has 10 aromatic carbocycles. The van der Waals surface area contributed by atoms with E-state index in [4.69, 9.17) is 0 Å². The lowest BCUT2D eigenvalue weighted by Crippen LogP contribution is -2.28. The van der Waals surface area contributed by atoms with Crippen LogP contribution in [0.2, 0.25) is 0 Å². The molecule has 0 aromatic heterocycles. The van der Waals surface area contributed by atoms with Gasteiger partial charge in [-0.15, -0.1) is 0 Å². The quantitative estimate of drug-likeness (QED) is 0.126. The van der Waals surface area contributed by atoms with Gasteiger partial charge in [-0.1, -0.05) is 178 Å². The van der Waals surface area contributed by atoms with Crippen LogP contribution in [0.15, 0.2) is 194 Å². The second-order valence-electron chi connectivity index (χ2n) is 16.5. The van der Waals surface area contributed by atoms with Crippen molar-refractivity contribution in [3.8, 4) is 22.3 Å². The van der Waals surface area contributed by atoms with Crippen LogP contribution in [-0.4, -0.2) is 0 Å². The first kappa shape index (κ1) is 32.2. The van der Waals surface area contributed by atoms with Crippen LogP contribution in [0.3, 0.4) is 0 Å². The first-order valence-electron chi connectivity index (χ1n) is 20.1. The largest absolute Gasteiger partial charge is 0.0738 e. The van der Waals surface area contributed by atoms with Crippen molar-refractivity contribution in [1.29, 1.82) is 0 Å². The van der Waals surface area contributed by atoms with Gasteiger partial charge < -0.3 is 0 Å². The summed E-state index contributed by atoms with van der Waals surface area (Å²) in [4.78, 5) is 0. The maximum atomic E-state index is 2.50. The summed E-state index contributed by atoms with van der Waals surface area (Å²) in [5.41, 5.74) is 10.2. The zero-order valence-electron chi connectivity index (χ0n) is 32.0. The number of hydrogen-bond donors (Lipinski definition) is 0. The third kappa shape index (κ3) is 4.74. The minimum Gasteiger partial charge on any atom is -0.0738 e. The fourth-order valence-electron chi connectivity index (χ4n) is 10.2. The van der Waals surface area contributed by atoms with Gasteiger partial charge in [0, 0.05) is 5.41 Å². The van der Waals surface area contributed by atoms with Crippen LogP contribution < -0.4 is 10.4 Å². The van der Waals surface area contributed by atoms with Crippen LogP contribution in [0.5, 0.6) is 0 Å². The highest BCUT2D eigenvalue weighted by atomic mass is 14.4. The van der Waals surface area contributed by atoms with Gasteiger partial charge in [0.25, 0.3) is 0 Å². The first-order chi connectivity index (χ1) is 28.0. The lowest BCUT2D eigenvalue weighted by Gasteiger charge is -2.31. The summed E-state index contributed by atoms with van der Waals surface area (Å²) >= 11 is 0. The van der Waals surface area contributed by atoms with Crippen LogP contribution in [0.1, 0.15) is 19.4 Å². The molecule has 0 radical (unpaired) electrons. The zero-order valence-corrected chi connectivity index (χ0v) is 32.0. The highest BCUT2D eigenvalue weighted by Crippen LogP contribution is 2.49. The Morgan fingerprint density at radius 1 is 0.351 bits per heavy atom. The molecule has 0 atom stereocenters. The predicted octanol–water partition coefficient (Wildman–Crippen LogP) is 13.9. The van der Waals surface area contributed by atoms with Crippen LogP contribution in [0.25, 0.3) is 104 Å². The van der Waals surface area contributed by atoms with Crippen LogP contribution in [0, 0.1) is 5.41 Å². The molecule has 0 fully saturated rings. The van der Waals surface area contributed by atoms with Crippen molar-refractivity contribution in [2.24, 2.45) is 5.41 Å². The number of hydrogen-bond acceptors (Lipinski definition) is 0. The standard InChI is InChI=1S/C57H38/c1-57(2)29-28-49(53-33-40-32-51-43-20-7-5-18-41(43)42-19-6-8-21-44(42)52(51)34-50(40)56(53)57)55-47-24-11-9-22-45(47)54(46-23-10-12-25-48(46)55)39-17-13-16-37(31-39)38-27-26-35-14-3-4-15-36(35)30-38/h3-34H,1-2H3. The first-order valence-corrected chi connectivity index (χ1v) is 20.1. The van der Waals surface area contributed by atoms with E-state index in [2.05, 4.69) is 208 Å². The van der Waals surface area contributed by atoms with E-state index in [-0.39, 0.29) is 5.41 Å². The molecule has 0 aliphatic heterocycles. The fraction of sp³-hybridized carbons (Fsp3) is 0.0526. The smallest absolute Gasteiger partial charge is 0.00909 e. The molecule has 57 heavy (non-hydrogen) atoms. The van der Waals surface area contributed by atoms with E-state index in [0.717, 1.165) is 0 Å². The minimum absolute atomic E-state index is 0.143. The van der Waals surface area contributed by atoms with Gasteiger partial charge in [0.15, 0.2) is 0 Å². The minimum atomic E-state index is -0.143. The number of fused-ring (bicyclic) bond motifs is 11. The number of benzene rings is 10. The summed E-state index contributed by atoms with van der Waals surface area (Å²) in [5.74, 6) is 0. The molecule has 0 heteroatoms. The summed E-state index contributed by atoms with van der Waals surface area (Å²) in [6, 6.07) is 65.5. The van der Waals surface area contributed by atoms with Gasteiger partial charge in [0.1, 0.15) is 0 Å². The Morgan fingerprint density at radius 3 is 1.51 bits per heavy atom. The molecule has 2 aliphatic carbocycles. The molecule has 0 saturated carbocycles. The highest BCUT2D eigenvalue weighted by molar-refractivity contribution is 6.26. The fourth-order valence-corrected chi connectivity index (χ4v) is 10.2. The maximum Gasteiger partial charge on any atom is 0.00909 e. The van der Waals surface area contributed by atoms with Gasteiger partial charge >= 0.3 is 0 Å². The Morgan fingerprint density at radius 2 is 0.860 bits per heavy atom. The van der Waals surface area contributed by atoms with Crippen molar-refractivity contribution >= 4 is 81.9 Å². The molecule has 0 heterocycles. The second-order valence-corrected chi connectivity index (χ2v) is 16.5. The normalized spacial score (nSPS) is 14.6. The lowest BCUT2D eigenvalue weighted by molar-refractivity contribution is 0.645. The Kier molecular flexibility index (Phi) is 6.78. The molecular formula is C57H38. The van der Waals surface area contributed by atoms with Crippen molar-refractivity contribution in [1.82, 2.24) is 0 Å². The van der Waals surface area contributed by atoms with E-state index >= 15 is 0 Å². The molecule has 0 amide bonds. The van der Waals surface area contributed by atoms with Gasteiger partial charge in [-0.25, -0.2) is 0 Å². The average Bonchev–Trinajstić information content (AvgIpc) is 3.65. The summed E-state index contributed by atoms with van der Waals surface area (Å²) in [6.45, 7) is 4.76. The van der Waals surface area contributed by atoms with Gasteiger partial charge in [-0.05, 0) is 150 Å². The molecule has 10 aromatic rings. The molecule has 2 aliphatic rings. The summed E-state index contributed by atoms with van der Waals surface area (Å²) in [6.07, 6.45) is 7.34. The van der Waals surface area contributed by atoms with Crippen molar-refractivity contribution in [2.45, 2.75) is 13.8 Å². The van der Waals surface area contributed by atoms with E-state index in [1.54, 1.807) is 0 Å². The zero-order chi connectivity index (χ0) is 37.8. The Labute approximate surface area is 331 Å². The van der Waals surface area contributed by atoms with E-state index in [0.29, 0.717) is 0 Å². The number of rotatable bonds is 3. The lowest BCUT2D eigenvalue weighted by atomic mass is 9.73. The molecule has 0 unspecified atom stereocenters. The maximum absolute atomic E-state index is 2.50. The predicted molar refractivity (Wildman–Crippen MR) is 246 cm³/mol. The third-order valence-corrected chi connectivity index (χ3v) is 12.8. The molecule has 0 spiro atoms. The third-order valence-electron chi connectivity index (χ3n) is 12.8. The van der Waals surface area contributed by atoms with Crippen molar-refractivity contribution in [3.63, 3.8) is 0 Å². The van der Waals surface area contributed by atoms with Crippen molar-refractivity contribution in [2.75, 3.05) is 0 Å². The Balaban J connectivity index is 1.13. The second kappa shape index (κ2) is 12.0. The van der Waals surface area contributed by atoms with E-state index in [9.17, 15) is 0 Å². The van der Waals surface area contributed by atoms with Gasteiger partial charge in [0.2, 0.25) is 0 Å². The van der Waals surface area contributed by atoms with Gasteiger partial charge in [0.05, 0.1) is 0 Å². The monoisotopic (exact) mass is 722 g/mol. The molecule has 0 nitrogen and oxygen atoms in total. The SMILES string of the molecule is CC1(C)C=CC(c2c3ccccc3c(-c3cccc(-c4ccc5ccccc5c4)c3)c3ccccc23)=C2C=c3cc4c5ccccc5c5ccccc5c4cc3=C21. The average molecular weight is 723 g/mol. The summed E-state index contributed by atoms with van der Waals surface area (Å²) in [5, 5.41) is 18.2. The van der Waals surface area contributed by atoms with E-state index in [1.807, 2.05) is 0 Å². The van der Waals surface area contributed by atoms with Crippen molar-refractivity contribution in [3.05, 3.63) is 210 Å². The van der Waals surface area contributed by atoms with Crippen molar-refractivity contribution < 1.29 is 0 Å². The highest BCUT2D eigenvalue weighted by Gasteiger charge is 2.33. The summed E-state index contributed by atoms with van der Waals surface area (Å²) in [7, 11) is 0. The topological polar surface area (TPSA) is 0 Å². The van der Waals surface area contributed by atoms with Crippen LogP contribution >= 0.6 is 0 Å². The van der Waals surface area contributed by atoms with E-state index in [1.165, 1.54) is 120 Å². The van der Waals surface area contributed by atoms with Gasteiger partial charge in [-0.2, -0.15) is 0 Å². The molecule has 0 saturated heterocycles. The Hall–Kier alpha value is -7.02. The van der Waals surface area contributed by atoms with Gasteiger partial charge in [-0.3, -0.25) is 0 Å². The molecule has 266 valence electrons. The molecule has 0 N–H and O–H groups in total. The Bertz CT molecular complexity index is 3530. The van der Waals surface area contributed by atoms with Crippen LogP contribution in [-0.2, 0) is 0 Å². The molecule has 12 rings (SSSR count). The molecular weight excluding hydrogens is 685 g/mol. The summed E-state index contributed by atoms with van der Waals surface area (Å²) < 4.78 is 0. The number of allylic oxidation sites excluding steroid dienone is 4. The molecule has 0 bridgehead atoms.